The first-order valence-electron chi connectivity index (χ1n) is 6.47. The van der Waals surface area contributed by atoms with Crippen LogP contribution in [-0.2, 0) is 0 Å². The molecule has 0 bridgehead atoms. The van der Waals surface area contributed by atoms with E-state index >= 15 is 0 Å². The van der Waals surface area contributed by atoms with Crippen molar-refractivity contribution in [2.75, 3.05) is 0 Å². The molecule has 0 atom stereocenters. The number of allylic oxidation sites excluding steroid dienone is 2. The molecular weight excluding hydrogens is 216 g/mol. The lowest BCUT2D eigenvalue weighted by Gasteiger charge is -2.19. The van der Waals surface area contributed by atoms with E-state index in [4.69, 9.17) is 0 Å². The van der Waals surface area contributed by atoms with Crippen molar-refractivity contribution >= 4 is 0 Å². The zero-order valence-electron chi connectivity index (χ0n) is 10.3. The summed E-state index contributed by atoms with van der Waals surface area (Å²) in [7, 11) is 0. The lowest BCUT2D eigenvalue weighted by molar-refractivity contribution is 1.05. The maximum absolute atomic E-state index is 2.34. The summed E-state index contributed by atoms with van der Waals surface area (Å²) >= 11 is 0. The Hall–Kier alpha value is -2.08. The van der Waals surface area contributed by atoms with Crippen LogP contribution in [0.2, 0.25) is 0 Å². The zero-order valence-corrected chi connectivity index (χ0v) is 10.3. The van der Waals surface area contributed by atoms with Gasteiger partial charge in [-0.05, 0) is 35.5 Å². The predicted molar refractivity (Wildman–Crippen MR) is 75.9 cm³/mol. The van der Waals surface area contributed by atoms with Gasteiger partial charge in [0.1, 0.15) is 0 Å². The Morgan fingerprint density at radius 2 is 1.33 bits per heavy atom. The van der Waals surface area contributed by atoms with Crippen LogP contribution in [0.5, 0.6) is 0 Å². The third-order valence-electron chi connectivity index (χ3n) is 3.31. The molecule has 0 radical (unpaired) electrons. The van der Waals surface area contributed by atoms with Gasteiger partial charge in [-0.1, -0.05) is 73.2 Å². The van der Waals surface area contributed by atoms with Crippen molar-refractivity contribution in [2.24, 2.45) is 0 Å². The molecule has 18 heavy (non-hydrogen) atoms. The normalized spacial score (nSPS) is 13.9. The van der Waals surface area contributed by atoms with E-state index in [0.717, 1.165) is 0 Å². The highest BCUT2D eigenvalue weighted by Crippen LogP contribution is 2.35. The molecule has 0 heteroatoms. The van der Waals surface area contributed by atoms with Gasteiger partial charge in [0, 0.05) is 0 Å². The summed E-state index contributed by atoms with van der Waals surface area (Å²) in [6.07, 6.45) is 7.02. The minimum atomic E-state index is 1.17. The molecule has 88 valence electrons. The molecule has 0 saturated heterocycles. The van der Waals surface area contributed by atoms with E-state index < -0.39 is 0 Å². The molecular formula is C18H16. The lowest BCUT2D eigenvalue weighted by atomic mass is 9.84. The van der Waals surface area contributed by atoms with E-state index in [1.54, 1.807) is 0 Å². The van der Waals surface area contributed by atoms with Crippen LogP contribution in [0.4, 0.5) is 0 Å². The Bertz CT molecular complexity index is 483. The molecule has 1 aliphatic carbocycles. The van der Waals surface area contributed by atoms with Crippen molar-refractivity contribution in [1.82, 2.24) is 0 Å². The fourth-order valence-corrected chi connectivity index (χ4v) is 2.47. The van der Waals surface area contributed by atoms with Gasteiger partial charge in [0.05, 0.1) is 0 Å². The SMILES string of the molecule is C1=C([C+](c2ccccc2)c2ccccc2)[CH-]CC1. The van der Waals surface area contributed by atoms with Gasteiger partial charge in [0.2, 0.25) is 0 Å². The molecule has 2 aromatic rings. The molecule has 0 saturated carbocycles. The van der Waals surface area contributed by atoms with E-state index in [1.165, 1.54) is 35.5 Å². The first-order valence-corrected chi connectivity index (χ1v) is 6.47. The molecule has 0 N–H and O–H groups in total. The topological polar surface area (TPSA) is 0 Å². The Morgan fingerprint density at radius 1 is 0.778 bits per heavy atom. The van der Waals surface area contributed by atoms with Crippen LogP contribution in [0.25, 0.3) is 0 Å². The van der Waals surface area contributed by atoms with Gasteiger partial charge in [-0.2, -0.15) is 0 Å². The smallest absolute Gasteiger partial charge is 0.00453 e. The largest absolute Gasteiger partial charge is 0.0766 e. The Morgan fingerprint density at radius 3 is 1.78 bits per heavy atom. The molecule has 0 spiro atoms. The second-order valence-electron chi connectivity index (χ2n) is 4.55. The monoisotopic (exact) mass is 232 g/mol. The zero-order chi connectivity index (χ0) is 12.2. The lowest BCUT2D eigenvalue weighted by Crippen LogP contribution is -2.04. The van der Waals surface area contributed by atoms with Gasteiger partial charge >= 0.3 is 0 Å². The second kappa shape index (κ2) is 5.05. The molecule has 2 aromatic carbocycles. The third-order valence-corrected chi connectivity index (χ3v) is 3.31. The molecule has 0 nitrogen and oxygen atoms in total. The second-order valence-corrected chi connectivity index (χ2v) is 4.55. The highest BCUT2D eigenvalue weighted by Gasteiger charge is 2.20. The third kappa shape index (κ3) is 2.14. The average Bonchev–Trinajstić information content (AvgIpc) is 2.95. The van der Waals surface area contributed by atoms with E-state index in [2.05, 4.69) is 73.2 Å². The quantitative estimate of drug-likeness (QED) is 0.679. The van der Waals surface area contributed by atoms with Crippen LogP contribution >= 0.6 is 0 Å². The summed E-state index contributed by atoms with van der Waals surface area (Å²) < 4.78 is 0. The molecule has 0 aromatic heterocycles. The van der Waals surface area contributed by atoms with Crippen LogP contribution in [0.3, 0.4) is 0 Å². The number of hydrogen-bond acceptors (Lipinski definition) is 0. The molecule has 0 heterocycles. The van der Waals surface area contributed by atoms with Crippen molar-refractivity contribution in [3.63, 3.8) is 0 Å². The minimum Gasteiger partial charge on any atom is -0.0766 e. The molecule has 0 aliphatic heterocycles. The summed E-state index contributed by atoms with van der Waals surface area (Å²) in [6.45, 7) is 0. The van der Waals surface area contributed by atoms with Crippen LogP contribution < -0.4 is 0 Å². The molecule has 0 fully saturated rings. The van der Waals surface area contributed by atoms with Crippen molar-refractivity contribution in [3.8, 4) is 0 Å². The number of rotatable bonds is 3. The summed E-state index contributed by atoms with van der Waals surface area (Å²) in [4.78, 5) is 0. The van der Waals surface area contributed by atoms with Crippen LogP contribution in [0.1, 0.15) is 24.0 Å². The molecule has 1 aliphatic rings. The van der Waals surface area contributed by atoms with Crippen LogP contribution in [0.15, 0.2) is 72.3 Å². The Kier molecular flexibility index (Phi) is 3.10. The highest BCUT2D eigenvalue weighted by atomic mass is 14.2. The van der Waals surface area contributed by atoms with E-state index in [1.807, 2.05) is 0 Å². The Labute approximate surface area is 109 Å². The number of benzene rings is 2. The fourth-order valence-electron chi connectivity index (χ4n) is 2.47. The van der Waals surface area contributed by atoms with E-state index in [9.17, 15) is 0 Å². The molecule has 0 unspecified atom stereocenters. The van der Waals surface area contributed by atoms with Crippen LogP contribution in [0, 0.1) is 12.3 Å². The van der Waals surface area contributed by atoms with Crippen molar-refractivity contribution in [1.29, 1.82) is 0 Å². The van der Waals surface area contributed by atoms with Crippen molar-refractivity contribution in [2.45, 2.75) is 12.8 Å². The maximum atomic E-state index is 2.34. The summed E-state index contributed by atoms with van der Waals surface area (Å²) in [5, 5.41) is 0. The minimum absolute atomic E-state index is 1.17. The maximum Gasteiger partial charge on any atom is -0.00453 e. The Balaban J connectivity index is 2.04. The summed E-state index contributed by atoms with van der Waals surface area (Å²) in [6, 6.07) is 21.3. The van der Waals surface area contributed by atoms with Gasteiger partial charge in [-0.3, -0.25) is 0 Å². The molecule has 3 rings (SSSR count). The summed E-state index contributed by atoms with van der Waals surface area (Å²) in [5.74, 6) is 1.36. The van der Waals surface area contributed by atoms with E-state index in [0.29, 0.717) is 0 Å². The number of hydrogen-bond donors (Lipinski definition) is 0. The van der Waals surface area contributed by atoms with Gasteiger partial charge in [-0.25, -0.2) is 0 Å². The first-order chi connectivity index (χ1) is 8.95. The van der Waals surface area contributed by atoms with Crippen molar-refractivity contribution in [3.05, 3.63) is 95.8 Å². The predicted octanol–water partition coefficient (Wildman–Crippen LogP) is 4.58. The van der Waals surface area contributed by atoms with Gasteiger partial charge in [-0.15, -0.1) is 0 Å². The molecule has 0 amide bonds. The van der Waals surface area contributed by atoms with Gasteiger partial charge in [0.15, 0.2) is 0 Å². The first kappa shape index (κ1) is 11.0. The summed E-state index contributed by atoms with van der Waals surface area (Å²) in [5.41, 5.74) is 3.98. The standard InChI is InChI=1S/C18H16/c1-3-9-15(10-4-1)18(17-13-7-8-14-17)16-11-5-2-6-12-16/h1-6,9-14H,7-8H2. The van der Waals surface area contributed by atoms with E-state index in [-0.39, 0.29) is 0 Å². The van der Waals surface area contributed by atoms with Gasteiger partial charge < -0.3 is 0 Å². The average molecular weight is 232 g/mol. The van der Waals surface area contributed by atoms with Crippen molar-refractivity contribution < 1.29 is 0 Å². The van der Waals surface area contributed by atoms with Crippen LogP contribution in [-0.4, -0.2) is 0 Å². The fraction of sp³-hybridized carbons (Fsp3) is 0.111. The highest BCUT2D eigenvalue weighted by molar-refractivity contribution is 5.58. The van der Waals surface area contributed by atoms with Gasteiger partial charge in [0.25, 0.3) is 0 Å².